The van der Waals surface area contributed by atoms with Crippen molar-refractivity contribution in [3.63, 3.8) is 0 Å². The number of aryl methyl sites for hydroxylation is 1. The highest BCUT2D eigenvalue weighted by molar-refractivity contribution is 7.18. The predicted octanol–water partition coefficient (Wildman–Crippen LogP) is 2.65. The number of carbonyl (C=O) groups excluding carboxylic acids is 1. The molecule has 1 atom stereocenters. The van der Waals surface area contributed by atoms with Gasteiger partial charge in [0.25, 0.3) is 11.5 Å². The topological polar surface area (TPSA) is 129 Å². The number of fused-ring (bicyclic) bond motifs is 3. The van der Waals surface area contributed by atoms with Gasteiger partial charge in [-0.15, -0.1) is 11.3 Å². The zero-order valence-electron chi connectivity index (χ0n) is 17.5. The van der Waals surface area contributed by atoms with E-state index in [1.165, 1.54) is 41.2 Å². The van der Waals surface area contributed by atoms with Gasteiger partial charge in [-0.3, -0.25) is 24.3 Å². The third-order valence-electron chi connectivity index (χ3n) is 5.40. The zero-order chi connectivity index (χ0) is 22.8. The molecule has 10 nitrogen and oxygen atoms in total. The maximum absolute atomic E-state index is 13.0. The van der Waals surface area contributed by atoms with Gasteiger partial charge in [0.2, 0.25) is 0 Å². The maximum Gasteiger partial charge on any atom is 0.311 e. The zero-order valence-corrected chi connectivity index (χ0v) is 18.3. The van der Waals surface area contributed by atoms with Crippen molar-refractivity contribution in [3.8, 4) is 5.75 Å². The lowest BCUT2D eigenvalue weighted by Crippen LogP contribution is -2.30. The molecule has 1 unspecified atom stereocenters. The molecule has 166 valence electrons. The number of nitrogens with zero attached hydrogens (tertiary/aromatic N) is 4. The predicted molar refractivity (Wildman–Crippen MR) is 120 cm³/mol. The fraction of sp³-hybridized carbons (Fsp3) is 0.333. The van der Waals surface area contributed by atoms with Crippen LogP contribution in [0.25, 0.3) is 10.2 Å². The summed E-state index contributed by atoms with van der Waals surface area (Å²) in [5, 5.41) is 15.5. The van der Waals surface area contributed by atoms with Gasteiger partial charge in [0.05, 0.1) is 30.0 Å². The van der Waals surface area contributed by atoms with E-state index < -0.39 is 10.8 Å². The molecular weight excluding hydrogens is 434 g/mol. The summed E-state index contributed by atoms with van der Waals surface area (Å²) in [5.41, 5.74) is 3.38. The first-order chi connectivity index (χ1) is 15.4. The lowest BCUT2D eigenvalue weighted by Gasteiger charge is -2.17. The molecular formula is C21H21N5O5S. The van der Waals surface area contributed by atoms with Crippen LogP contribution in [-0.2, 0) is 24.2 Å². The highest BCUT2D eigenvalue weighted by atomic mass is 32.1. The highest BCUT2D eigenvalue weighted by Crippen LogP contribution is 2.35. The lowest BCUT2D eigenvalue weighted by molar-refractivity contribution is -0.385. The van der Waals surface area contributed by atoms with E-state index in [4.69, 9.17) is 4.74 Å². The number of nitrogens with one attached hydrogen (secondary N) is 1. The van der Waals surface area contributed by atoms with E-state index in [0.717, 1.165) is 24.8 Å². The number of carbonyl (C=O) groups is 1. The van der Waals surface area contributed by atoms with Gasteiger partial charge in [0.15, 0.2) is 5.75 Å². The summed E-state index contributed by atoms with van der Waals surface area (Å²) in [4.78, 5) is 42.1. The van der Waals surface area contributed by atoms with Crippen molar-refractivity contribution in [1.29, 1.82) is 0 Å². The molecule has 0 bridgehead atoms. The average molecular weight is 455 g/mol. The van der Waals surface area contributed by atoms with Crippen molar-refractivity contribution in [3.05, 3.63) is 61.0 Å². The Labute approximate surface area is 186 Å². The van der Waals surface area contributed by atoms with Gasteiger partial charge >= 0.3 is 5.69 Å². The molecule has 0 saturated carbocycles. The van der Waals surface area contributed by atoms with Crippen LogP contribution in [0.4, 0.5) is 5.69 Å². The minimum atomic E-state index is -0.561. The Morgan fingerprint density at radius 1 is 1.50 bits per heavy atom. The normalized spacial score (nSPS) is 15.6. The Morgan fingerprint density at radius 2 is 2.31 bits per heavy atom. The summed E-state index contributed by atoms with van der Waals surface area (Å²) in [6, 6.07) is 4.31. The van der Waals surface area contributed by atoms with Crippen LogP contribution in [0, 0.1) is 16.0 Å². The molecule has 0 radical (unpaired) electrons. The number of aromatic nitrogens is 2. The molecule has 0 fully saturated rings. The number of benzene rings is 1. The standard InChI is InChI=1S/C21H21N5O5S/c1-12-3-5-14-17(7-12)32-20-19(14)21(28)25(11-22-20)10-18(27)24-23-9-13-4-6-16(31-2)15(8-13)26(29)30/h4,6,8-9,11-12H,3,5,7,10H2,1-2H3,(H,24,27)/b23-9-. The third-order valence-corrected chi connectivity index (χ3v) is 6.56. The van der Waals surface area contributed by atoms with Crippen molar-refractivity contribution in [1.82, 2.24) is 15.0 Å². The number of nitro groups is 1. The summed E-state index contributed by atoms with van der Waals surface area (Å²) in [7, 11) is 1.34. The molecule has 32 heavy (non-hydrogen) atoms. The Balaban J connectivity index is 1.48. The molecule has 1 aromatic carbocycles. The second-order valence-electron chi connectivity index (χ2n) is 7.69. The Hall–Kier alpha value is -3.60. The number of hydrazone groups is 1. The number of nitro benzene ring substituents is 1. The highest BCUT2D eigenvalue weighted by Gasteiger charge is 2.23. The molecule has 0 saturated heterocycles. The second kappa shape index (κ2) is 8.87. The Bertz CT molecular complexity index is 1300. The summed E-state index contributed by atoms with van der Waals surface area (Å²) >= 11 is 1.56. The number of amides is 1. The lowest BCUT2D eigenvalue weighted by atomic mass is 9.89. The van der Waals surface area contributed by atoms with E-state index in [-0.39, 0.29) is 23.5 Å². The quantitative estimate of drug-likeness (QED) is 0.346. The molecule has 0 aliphatic heterocycles. The molecule has 0 spiro atoms. The molecule has 1 N–H and O–H groups in total. The summed E-state index contributed by atoms with van der Waals surface area (Å²) in [5.74, 6) is 0.210. The first kappa shape index (κ1) is 21.6. The number of hydrogen-bond donors (Lipinski definition) is 1. The number of rotatable bonds is 6. The van der Waals surface area contributed by atoms with Crippen LogP contribution in [0.3, 0.4) is 0 Å². The van der Waals surface area contributed by atoms with Crippen LogP contribution in [0.2, 0.25) is 0 Å². The molecule has 11 heteroatoms. The summed E-state index contributed by atoms with van der Waals surface area (Å²) in [6.07, 6.45) is 5.50. The molecule has 1 aliphatic rings. The third kappa shape index (κ3) is 4.24. The second-order valence-corrected chi connectivity index (χ2v) is 8.77. The van der Waals surface area contributed by atoms with Crippen molar-refractivity contribution < 1.29 is 14.5 Å². The van der Waals surface area contributed by atoms with Crippen LogP contribution >= 0.6 is 11.3 Å². The van der Waals surface area contributed by atoms with Gasteiger partial charge in [-0.2, -0.15) is 5.10 Å². The maximum atomic E-state index is 13.0. The minimum absolute atomic E-state index is 0.128. The van der Waals surface area contributed by atoms with Gasteiger partial charge in [0, 0.05) is 16.5 Å². The number of thiophene rings is 1. The number of ether oxygens (including phenoxy) is 1. The van der Waals surface area contributed by atoms with E-state index in [9.17, 15) is 19.7 Å². The van der Waals surface area contributed by atoms with Gasteiger partial charge in [-0.05, 0) is 42.9 Å². The SMILES string of the molecule is COc1ccc(/C=N\NC(=O)Cn2cnc3sc4c(c3c2=O)CCC(C)C4)cc1[N+](=O)[O-]. The van der Waals surface area contributed by atoms with Crippen LogP contribution < -0.4 is 15.7 Å². The first-order valence-corrected chi connectivity index (χ1v) is 10.8. The largest absolute Gasteiger partial charge is 0.490 e. The monoisotopic (exact) mass is 455 g/mol. The average Bonchev–Trinajstić information content (AvgIpc) is 3.13. The van der Waals surface area contributed by atoms with Crippen LogP contribution in [0.5, 0.6) is 5.75 Å². The van der Waals surface area contributed by atoms with E-state index in [0.29, 0.717) is 21.7 Å². The molecule has 3 aromatic rings. The van der Waals surface area contributed by atoms with Crippen molar-refractivity contribution >= 4 is 39.4 Å². The van der Waals surface area contributed by atoms with E-state index in [2.05, 4.69) is 22.4 Å². The Kier molecular flexibility index (Phi) is 5.99. The van der Waals surface area contributed by atoms with Gasteiger partial charge in [0.1, 0.15) is 11.4 Å². The molecule has 1 aliphatic carbocycles. The van der Waals surface area contributed by atoms with Crippen molar-refractivity contribution in [2.45, 2.75) is 32.7 Å². The number of methoxy groups -OCH3 is 1. The Morgan fingerprint density at radius 3 is 3.06 bits per heavy atom. The molecule has 4 rings (SSSR count). The molecule has 2 aromatic heterocycles. The number of hydrogen-bond acceptors (Lipinski definition) is 8. The van der Waals surface area contributed by atoms with E-state index in [1.807, 2.05) is 0 Å². The van der Waals surface area contributed by atoms with Crippen LogP contribution in [0.1, 0.15) is 29.3 Å². The fourth-order valence-corrected chi connectivity index (χ4v) is 5.12. The van der Waals surface area contributed by atoms with Crippen LogP contribution in [0.15, 0.2) is 34.4 Å². The van der Waals surface area contributed by atoms with Gasteiger partial charge < -0.3 is 4.74 Å². The van der Waals surface area contributed by atoms with Crippen molar-refractivity contribution in [2.24, 2.45) is 11.0 Å². The smallest absolute Gasteiger partial charge is 0.311 e. The van der Waals surface area contributed by atoms with Gasteiger partial charge in [-0.1, -0.05) is 6.92 Å². The molecule has 2 heterocycles. The molecule has 1 amide bonds. The van der Waals surface area contributed by atoms with Crippen molar-refractivity contribution in [2.75, 3.05) is 7.11 Å². The fourth-order valence-electron chi connectivity index (χ4n) is 3.78. The minimum Gasteiger partial charge on any atom is -0.490 e. The van der Waals surface area contributed by atoms with E-state index >= 15 is 0 Å². The summed E-state index contributed by atoms with van der Waals surface area (Å²) < 4.78 is 6.23. The van der Waals surface area contributed by atoms with Gasteiger partial charge in [-0.25, -0.2) is 10.4 Å². The van der Waals surface area contributed by atoms with Crippen LogP contribution in [-0.4, -0.2) is 33.7 Å². The first-order valence-electron chi connectivity index (χ1n) is 10.0. The summed E-state index contributed by atoms with van der Waals surface area (Å²) in [6.45, 7) is 1.97. The van der Waals surface area contributed by atoms with E-state index in [1.54, 1.807) is 17.4 Å².